The van der Waals surface area contributed by atoms with Crippen molar-refractivity contribution in [2.45, 2.75) is 59.1 Å². The fourth-order valence-electron chi connectivity index (χ4n) is 3.25. The van der Waals surface area contributed by atoms with Crippen molar-refractivity contribution >= 4 is 17.6 Å². The van der Waals surface area contributed by atoms with Crippen LogP contribution in [0.4, 0.5) is 5.69 Å². The van der Waals surface area contributed by atoms with E-state index in [-0.39, 0.29) is 30.0 Å². The maximum Gasteiger partial charge on any atom is 0.329 e. The van der Waals surface area contributed by atoms with Gasteiger partial charge in [-0.1, -0.05) is 20.8 Å². The van der Waals surface area contributed by atoms with Crippen LogP contribution >= 0.6 is 0 Å². The lowest BCUT2D eigenvalue weighted by molar-refractivity contribution is -0.384. The van der Waals surface area contributed by atoms with Gasteiger partial charge >= 0.3 is 5.97 Å². The van der Waals surface area contributed by atoms with Crippen LogP contribution < -0.4 is 5.32 Å². The molecule has 1 aromatic carbocycles. The number of hydrogen-bond acceptors (Lipinski definition) is 5. The maximum atomic E-state index is 12.5. The number of nitrogens with one attached hydrogen (secondary N) is 1. The molecule has 0 spiro atoms. The topological polar surface area (TPSA) is 98.5 Å². The van der Waals surface area contributed by atoms with Crippen molar-refractivity contribution in [2.24, 2.45) is 17.8 Å². The van der Waals surface area contributed by atoms with Gasteiger partial charge in [-0.2, -0.15) is 0 Å². The van der Waals surface area contributed by atoms with Gasteiger partial charge in [-0.15, -0.1) is 0 Å². The zero-order valence-electron chi connectivity index (χ0n) is 16.1. The minimum Gasteiger partial charge on any atom is -0.459 e. The van der Waals surface area contributed by atoms with Gasteiger partial charge in [-0.25, -0.2) is 4.79 Å². The quantitative estimate of drug-likeness (QED) is 0.445. The molecule has 0 heterocycles. The molecule has 2 rings (SSSR count). The summed E-state index contributed by atoms with van der Waals surface area (Å²) in [4.78, 5) is 35.2. The number of benzene rings is 1. The zero-order chi connectivity index (χ0) is 20.0. The first-order valence-electron chi connectivity index (χ1n) is 9.48. The van der Waals surface area contributed by atoms with E-state index in [1.165, 1.54) is 12.1 Å². The molecule has 0 aliphatic heterocycles. The van der Waals surface area contributed by atoms with Gasteiger partial charge in [0.2, 0.25) is 5.91 Å². The first kappa shape index (κ1) is 20.9. The van der Waals surface area contributed by atoms with Crippen LogP contribution in [0.2, 0.25) is 0 Å². The Morgan fingerprint density at radius 3 is 2.30 bits per heavy atom. The zero-order valence-corrected chi connectivity index (χ0v) is 16.1. The lowest BCUT2D eigenvalue weighted by atomic mass is 9.82. The Morgan fingerprint density at radius 1 is 1.19 bits per heavy atom. The van der Waals surface area contributed by atoms with E-state index in [1.54, 1.807) is 12.1 Å². The second-order valence-corrected chi connectivity index (χ2v) is 7.72. The number of rotatable bonds is 7. The third-order valence-corrected chi connectivity index (χ3v) is 5.13. The number of hydrogen-bond donors (Lipinski definition) is 1. The molecule has 0 bridgehead atoms. The first-order chi connectivity index (χ1) is 12.8. The van der Waals surface area contributed by atoms with Crippen molar-refractivity contribution in [3.05, 3.63) is 39.9 Å². The van der Waals surface area contributed by atoms with Crippen molar-refractivity contribution in [2.75, 3.05) is 0 Å². The SMILES string of the molecule is CC1CCC(C(=O)N[C@H](C(=O)OCc2ccc([N+](=O)[O-])cc2)C(C)C)CC1. The van der Waals surface area contributed by atoms with Gasteiger partial charge in [-0.3, -0.25) is 14.9 Å². The van der Waals surface area contributed by atoms with Crippen molar-refractivity contribution in [1.82, 2.24) is 5.32 Å². The van der Waals surface area contributed by atoms with Gasteiger partial charge < -0.3 is 10.1 Å². The van der Waals surface area contributed by atoms with Gasteiger partial charge in [0.05, 0.1) is 4.92 Å². The van der Waals surface area contributed by atoms with Gasteiger partial charge in [0.1, 0.15) is 12.6 Å². The summed E-state index contributed by atoms with van der Waals surface area (Å²) in [6, 6.07) is 5.15. The van der Waals surface area contributed by atoms with Gasteiger partial charge in [0, 0.05) is 18.1 Å². The fraction of sp³-hybridized carbons (Fsp3) is 0.600. The molecular formula is C20H28N2O5. The third kappa shape index (κ3) is 6.05. The normalized spacial score (nSPS) is 20.7. The number of nitro groups is 1. The van der Waals surface area contributed by atoms with E-state index in [9.17, 15) is 19.7 Å². The number of nitro benzene ring substituents is 1. The summed E-state index contributed by atoms with van der Waals surface area (Å²) in [6.07, 6.45) is 3.79. The van der Waals surface area contributed by atoms with E-state index in [0.717, 1.165) is 25.7 Å². The molecule has 1 aromatic rings. The van der Waals surface area contributed by atoms with Gasteiger partial charge in [-0.05, 0) is 55.2 Å². The summed E-state index contributed by atoms with van der Waals surface area (Å²) in [6.45, 7) is 5.93. The minimum atomic E-state index is -0.699. The summed E-state index contributed by atoms with van der Waals surface area (Å²) >= 11 is 0. The van der Waals surface area contributed by atoms with Gasteiger partial charge in [0.15, 0.2) is 0 Å². The van der Waals surface area contributed by atoms with Crippen LogP contribution in [-0.2, 0) is 20.9 Å². The Labute approximate surface area is 159 Å². The summed E-state index contributed by atoms with van der Waals surface area (Å²) in [7, 11) is 0. The number of amides is 1. The Hall–Kier alpha value is -2.44. The van der Waals surface area contributed by atoms with E-state index in [2.05, 4.69) is 12.2 Å². The largest absolute Gasteiger partial charge is 0.459 e. The number of non-ortho nitro benzene ring substituents is 1. The van der Waals surface area contributed by atoms with Crippen LogP contribution in [0.1, 0.15) is 52.0 Å². The van der Waals surface area contributed by atoms with Crippen molar-refractivity contribution in [3.63, 3.8) is 0 Å². The summed E-state index contributed by atoms with van der Waals surface area (Å²) in [5.41, 5.74) is 0.642. The fourth-order valence-corrected chi connectivity index (χ4v) is 3.25. The molecule has 1 fully saturated rings. The average Bonchev–Trinajstić information content (AvgIpc) is 2.64. The van der Waals surface area contributed by atoms with Crippen molar-refractivity contribution in [1.29, 1.82) is 0 Å². The number of esters is 1. The van der Waals surface area contributed by atoms with E-state index in [4.69, 9.17) is 4.74 Å². The molecule has 1 atom stereocenters. The molecule has 7 heteroatoms. The third-order valence-electron chi connectivity index (χ3n) is 5.13. The van der Waals surface area contributed by atoms with Gasteiger partial charge in [0.25, 0.3) is 5.69 Å². The van der Waals surface area contributed by atoms with Crippen molar-refractivity contribution < 1.29 is 19.2 Å². The highest BCUT2D eigenvalue weighted by atomic mass is 16.6. The lowest BCUT2D eigenvalue weighted by Crippen LogP contribution is -2.47. The molecule has 1 amide bonds. The van der Waals surface area contributed by atoms with E-state index in [0.29, 0.717) is 11.5 Å². The average molecular weight is 376 g/mol. The second kappa shape index (κ2) is 9.48. The van der Waals surface area contributed by atoms with Crippen LogP contribution in [0.25, 0.3) is 0 Å². The van der Waals surface area contributed by atoms with Crippen LogP contribution in [0.15, 0.2) is 24.3 Å². The summed E-state index contributed by atoms with van der Waals surface area (Å²) < 4.78 is 5.33. The van der Waals surface area contributed by atoms with E-state index in [1.807, 2.05) is 13.8 Å². The molecule has 1 aliphatic rings. The molecule has 27 heavy (non-hydrogen) atoms. The summed E-state index contributed by atoms with van der Waals surface area (Å²) in [5.74, 6) is -0.0406. The molecule has 1 N–H and O–H groups in total. The predicted molar refractivity (Wildman–Crippen MR) is 101 cm³/mol. The van der Waals surface area contributed by atoms with Crippen LogP contribution in [0, 0.1) is 27.9 Å². The van der Waals surface area contributed by atoms with Crippen LogP contribution in [0.5, 0.6) is 0 Å². The van der Waals surface area contributed by atoms with Crippen LogP contribution in [0.3, 0.4) is 0 Å². The second-order valence-electron chi connectivity index (χ2n) is 7.72. The molecule has 7 nitrogen and oxygen atoms in total. The first-order valence-corrected chi connectivity index (χ1v) is 9.48. The number of carbonyl (C=O) groups is 2. The molecule has 148 valence electrons. The van der Waals surface area contributed by atoms with E-state index >= 15 is 0 Å². The standard InChI is InChI=1S/C20H28N2O5/c1-13(2)18(21-19(23)16-8-4-14(3)5-9-16)20(24)27-12-15-6-10-17(11-7-15)22(25)26/h6-7,10-11,13-14,16,18H,4-5,8-9,12H2,1-3H3,(H,21,23)/t14?,16?,18-/m0/s1. The number of nitrogens with zero attached hydrogens (tertiary/aromatic N) is 1. The number of carbonyl (C=O) groups excluding carboxylic acids is 2. The maximum absolute atomic E-state index is 12.5. The molecule has 1 saturated carbocycles. The Balaban J connectivity index is 1.90. The summed E-state index contributed by atoms with van der Waals surface area (Å²) in [5, 5.41) is 13.5. The Bertz CT molecular complexity index is 663. The Kier molecular flexibility index (Phi) is 7.33. The molecule has 0 unspecified atom stereocenters. The molecule has 0 radical (unpaired) electrons. The highest BCUT2D eigenvalue weighted by Gasteiger charge is 2.30. The molecular weight excluding hydrogens is 348 g/mol. The molecule has 0 aromatic heterocycles. The molecule has 0 saturated heterocycles. The lowest BCUT2D eigenvalue weighted by Gasteiger charge is -2.28. The minimum absolute atomic E-state index is 0.0108. The monoisotopic (exact) mass is 376 g/mol. The molecule has 1 aliphatic carbocycles. The van der Waals surface area contributed by atoms with Crippen LogP contribution in [-0.4, -0.2) is 22.8 Å². The smallest absolute Gasteiger partial charge is 0.329 e. The van der Waals surface area contributed by atoms with E-state index < -0.39 is 16.9 Å². The van der Waals surface area contributed by atoms with Crippen molar-refractivity contribution in [3.8, 4) is 0 Å². The number of ether oxygens (including phenoxy) is 1. The highest BCUT2D eigenvalue weighted by molar-refractivity contribution is 5.86. The highest BCUT2D eigenvalue weighted by Crippen LogP contribution is 2.28. The Morgan fingerprint density at radius 2 is 1.78 bits per heavy atom. The predicted octanol–water partition coefficient (Wildman–Crippen LogP) is 3.61.